The molecule has 1 aliphatic heterocycles. The normalized spacial score (nSPS) is 19.8. The van der Waals surface area contributed by atoms with Crippen molar-refractivity contribution in [2.24, 2.45) is 11.0 Å². The molecule has 16 heavy (non-hydrogen) atoms. The summed E-state index contributed by atoms with van der Waals surface area (Å²) in [5, 5.41) is 13.9. The van der Waals surface area contributed by atoms with Gasteiger partial charge in [0, 0.05) is 12.4 Å². The summed E-state index contributed by atoms with van der Waals surface area (Å²) in [5.74, 6) is -2.90. The summed E-state index contributed by atoms with van der Waals surface area (Å²) >= 11 is 0. The summed E-state index contributed by atoms with van der Waals surface area (Å²) < 4.78 is 0. The Morgan fingerprint density at radius 3 is 2.56 bits per heavy atom. The number of nitrogens with zero attached hydrogens (tertiary/aromatic N) is 3. The molecule has 2 rings (SSSR count). The van der Waals surface area contributed by atoms with Gasteiger partial charge in [-0.05, 0) is 19.1 Å². The standard InChI is InChI=1S/C10H9N3O3/c1-6-8(10(15)16)9(14)13(12-6)7-2-4-11-5-3-7/h2-5,8H,1H3,(H,15,16). The number of carboxylic acids is 1. The summed E-state index contributed by atoms with van der Waals surface area (Å²) in [6.07, 6.45) is 3.03. The molecule has 0 saturated carbocycles. The van der Waals surface area contributed by atoms with Crippen LogP contribution in [-0.4, -0.2) is 27.7 Å². The Balaban J connectivity index is 2.35. The number of rotatable bonds is 2. The second kappa shape index (κ2) is 3.73. The van der Waals surface area contributed by atoms with E-state index in [1.165, 1.54) is 19.3 Å². The van der Waals surface area contributed by atoms with E-state index in [0.29, 0.717) is 5.69 Å². The van der Waals surface area contributed by atoms with E-state index in [0.717, 1.165) is 5.01 Å². The first kappa shape index (κ1) is 10.3. The van der Waals surface area contributed by atoms with Gasteiger partial charge in [-0.1, -0.05) is 0 Å². The molecule has 0 saturated heterocycles. The number of carbonyl (C=O) groups is 2. The van der Waals surface area contributed by atoms with Gasteiger partial charge in [0.15, 0.2) is 5.92 Å². The van der Waals surface area contributed by atoms with Crippen LogP contribution in [0.3, 0.4) is 0 Å². The predicted molar refractivity (Wildman–Crippen MR) is 56.0 cm³/mol. The Hall–Kier alpha value is -2.24. The first-order valence-corrected chi connectivity index (χ1v) is 4.63. The fourth-order valence-electron chi connectivity index (χ4n) is 1.52. The maximum Gasteiger partial charge on any atom is 0.322 e. The number of amides is 1. The van der Waals surface area contributed by atoms with Crippen molar-refractivity contribution >= 4 is 23.3 Å². The Kier molecular flexibility index (Phi) is 2.40. The molecule has 0 aromatic carbocycles. The second-order valence-electron chi connectivity index (χ2n) is 3.37. The molecule has 1 N–H and O–H groups in total. The topological polar surface area (TPSA) is 82.9 Å². The van der Waals surface area contributed by atoms with Gasteiger partial charge in [0.25, 0.3) is 5.91 Å². The first-order valence-electron chi connectivity index (χ1n) is 4.63. The number of aromatic nitrogens is 1. The third kappa shape index (κ3) is 1.54. The molecule has 1 unspecified atom stereocenters. The van der Waals surface area contributed by atoms with Gasteiger partial charge in [-0.2, -0.15) is 10.1 Å². The first-order chi connectivity index (χ1) is 7.61. The Morgan fingerprint density at radius 2 is 2.06 bits per heavy atom. The fraction of sp³-hybridized carbons (Fsp3) is 0.200. The van der Waals surface area contributed by atoms with Gasteiger partial charge in [0.1, 0.15) is 0 Å². The summed E-state index contributed by atoms with van der Waals surface area (Å²) in [5.41, 5.74) is 0.803. The smallest absolute Gasteiger partial charge is 0.322 e. The molecule has 6 heteroatoms. The van der Waals surface area contributed by atoms with Crippen molar-refractivity contribution in [1.29, 1.82) is 0 Å². The maximum absolute atomic E-state index is 11.8. The zero-order chi connectivity index (χ0) is 11.7. The molecule has 1 aromatic rings. The van der Waals surface area contributed by atoms with Gasteiger partial charge in [0.05, 0.1) is 11.4 Å². The number of carbonyl (C=O) groups excluding carboxylic acids is 1. The highest BCUT2D eigenvalue weighted by Crippen LogP contribution is 2.22. The van der Waals surface area contributed by atoms with E-state index < -0.39 is 17.8 Å². The summed E-state index contributed by atoms with van der Waals surface area (Å²) in [6, 6.07) is 3.19. The number of carboxylic acid groups (broad SMARTS) is 1. The van der Waals surface area contributed by atoms with E-state index in [1.807, 2.05) is 0 Å². The number of hydrogen-bond donors (Lipinski definition) is 1. The molecule has 2 heterocycles. The van der Waals surface area contributed by atoms with Crippen LogP contribution in [-0.2, 0) is 9.59 Å². The molecule has 1 aromatic heterocycles. The molecule has 1 atom stereocenters. The molecule has 0 spiro atoms. The lowest BCUT2D eigenvalue weighted by Gasteiger charge is -2.11. The highest BCUT2D eigenvalue weighted by molar-refractivity contribution is 6.25. The van der Waals surface area contributed by atoms with Crippen LogP contribution in [0, 0.1) is 5.92 Å². The number of pyridine rings is 1. The third-order valence-corrected chi connectivity index (χ3v) is 2.29. The van der Waals surface area contributed by atoms with Crippen LogP contribution < -0.4 is 5.01 Å². The average Bonchev–Trinajstić information content (AvgIpc) is 2.55. The van der Waals surface area contributed by atoms with Gasteiger partial charge < -0.3 is 5.11 Å². The van der Waals surface area contributed by atoms with E-state index in [1.54, 1.807) is 12.1 Å². The largest absolute Gasteiger partial charge is 0.480 e. The number of aliphatic carboxylic acids is 1. The minimum absolute atomic E-state index is 0.286. The van der Waals surface area contributed by atoms with Crippen molar-refractivity contribution < 1.29 is 14.7 Å². The molecular formula is C10H9N3O3. The molecule has 1 aliphatic rings. The SMILES string of the molecule is CC1=NN(c2ccncc2)C(=O)C1C(=O)O. The molecule has 82 valence electrons. The monoisotopic (exact) mass is 219 g/mol. The van der Waals surface area contributed by atoms with Crippen LogP contribution >= 0.6 is 0 Å². The number of hydrogen-bond acceptors (Lipinski definition) is 4. The Morgan fingerprint density at radius 1 is 1.44 bits per heavy atom. The third-order valence-electron chi connectivity index (χ3n) is 2.29. The number of anilines is 1. The summed E-state index contributed by atoms with van der Waals surface area (Å²) in [7, 11) is 0. The van der Waals surface area contributed by atoms with Gasteiger partial charge in [0.2, 0.25) is 0 Å². The molecule has 6 nitrogen and oxygen atoms in total. The van der Waals surface area contributed by atoms with Crippen LogP contribution in [0.5, 0.6) is 0 Å². The summed E-state index contributed by atoms with van der Waals surface area (Å²) in [4.78, 5) is 26.4. The van der Waals surface area contributed by atoms with Gasteiger partial charge in [-0.15, -0.1) is 0 Å². The van der Waals surface area contributed by atoms with E-state index in [2.05, 4.69) is 10.1 Å². The lowest BCUT2D eigenvalue weighted by molar-refractivity contribution is -0.142. The van der Waals surface area contributed by atoms with Gasteiger partial charge in [-0.3, -0.25) is 14.6 Å². The van der Waals surface area contributed by atoms with Crippen LogP contribution in [0.1, 0.15) is 6.92 Å². The average molecular weight is 219 g/mol. The van der Waals surface area contributed by atoms with Crippen LogP contribution in [0.4, 0.5) is 5.69 Å². The summed E-state index contributed by atoms with van der Waals surface area (Å²) in [6.45, 7) is 1.53. The van der Waals surface area contributed by atoms with Crippen molar-refractivity contribution in [2.75, 3.05) is 5.01 Å². The van der Waals surface area contributed by atoms with Crippen LogP contribution in [0.2, 0.25) is 0 Å². The Bertz CT molecular complexity index is 469. The molecule has 0 aliphatic carbocycles. The zero-order valence-corrected chi connectivity index (χ0v) is 8.49. The lowest BCUT2D eigenvalue weighted by Crippen LogP contribution is -2.32. The highest BCUT2D eigenvalue weighted by atomic mass is 16.4. The van der Waals surface area contributed by atoms with E-state index in [-0.39, 0.29) is 5.71 Å². The molecule has 0 bridgehead atoms. The molecule has 0 radical (unpaired) electrons. The Labute approximate surface area is 91.2 Å². The maximum atomic E-state index is 11.8. The highest BCUT2D eigenvalue weighted by Gasteiger charge is 2.39. The van der Waals surface area contributed by atoms with Crippen LogP contribution in [0.25, 0.3) is 0 Å². The minimum atomic E-state index is -1.18. The van der Waals surface area contributed by atoms with Crippen molar-refractivity contribution in [1.82, 2.24) is 4.98 Å². The second-order valence-corrected chi connectivity index (χ2v) is 3.37. The lowest BCUT2D eigenvalue weighted by atomic mass is 10.1. The number of hydrazone groups is 1. The molecular weight excluding hydrogens is 210 g/mol. The van der Waals surface area contributed by atoms with Crippen molar-refractivity contribution in [2.45, 2.75) is 6.92 Å². The van der Waals surface area contributed by atoms with Crippen LogP contribution in [0.15, 0.2) is 29.6 Å². The van der Waals surface area contributed by atoms with Gasteiger partial charge in [-0.25, -0.2) is 0 Å². The quantitative estimate of drug-likeness (QED) is 0.734. The van der Waals surface area contributed by atoms with Gasteiger partial charge >= 0.3 is 5.97 Å². The van der Waals surface area contributed by atoms with Crippen molar-refractivity contribution in [3.05, 3.63) is 24.5 Å². The van der Waals surface area contributed by atoms with Crippen molar-refractivity contribution in [3.8, 4) is 0 Å². The van der Waals surface area contributed by atoms with E-state index in [4.69, 9.17) is 5.11 Å². The zero-order valence-electron chi connectivity index (χ0n) is 8.49. The molecule has 1 amide bonds. The minimum Gasteiger partial charge on any atom is -0.480 e. The van der Waals surface area contributed by atoms with E-state index >= 15 is 0 Å². The molecule has 0 fully saturated rings. The predicted octanol–water partition coefficient (Wildman–Crippen LogP) is 0.505. The fourth-order valence-corrected chi connectivity index (χ4v) is 1.52. The van der Waals surface area contributed by atoms with E-state index in [9.17, 15) is 9.59 Å². The van der Waals surface area contributed by atoms with Crippen molar-refractivity contribution in [3.63, 3.8) is 0 Å².